The minimum Gasteiger partial charge on any atom is -0.488 e. The molecule has 8 nitrogen and oxygen atoms in total. The molecule has 8 heteroatoms. The van der Waals surface area contributed by atoms with Crippen LogP contribution in [0.25, 0.3) is 0 Å². The van der Waals surface area contributed by atoms with Gasteiger partial charge in [0.25, 0.3) is 11.8 Å². The van der Waals surface area contributed by atoms with Gasteiger partial charge in [0, 0.05) is 31.6 Å². The molecule has 3 aromatic carbocycles. The van der Waals surface area contributed by atoms with Gasteiger partial charge in [-0.3, -0.25) is 14.4 Å². The van der Waals surface area contributed by atoms with Crippen LogP contribution in [0.3, 0.4) is 0 Å². The highest BCUT2D eigenvalue weighted by Gasteiger charge is 2.54. The Morgan fingerprint density at radius 2 is 1.73 bits per heavy atom. The summed E-state index contributed by atoms with van der Waals surface area (Å²) in [5.41, 5.74) is 3.92. The molecule has 0 radical (unpaired) electrons. The number of carbonyl (C=O) groups excluding carboxylic acids is 3. The SMILES string of the molecule is Cc1ccc(C2(C(=O)N3CC[C@@H]4Oc5ccc(cc5)CNC(=O)COc5cc(ccc5C)C(=O)N[C@H]4C3)CC2)cc1. The normalized spacial score (nSPS) is 21.9. The minimum atomic E-state index is -0.479. The van der Waals surface area contributed by atoms with E-state index in [1.807, 2.05) is 43.0 Å². The van der Waals surface area contributed by atoms with Crippen LogP contribution in [0, 0.1) is 13.8 Å². The first-order valence-corrected chi connectivity index (χ1v) is 14.2. The van der Waals surface area contributed by atoms with Crippen molar-refractivity contribution in [1.82, 2.24) is 15.5 Å². The van der Waals surface area contributed by atoms with Crippen LogP contribution in [-0.2, 0) is 21.5 Å². The molecule has 3 aromatic rings. The average molecular weight is 554 g/mol. The van der Waals surface area contributed by atoms with Gasteiger partial charge in [-0.05, 0) is 67.6 Å². The molecule has 1 saturated carbocycles. The summed E-state index contributed by atoms with van der Waals surface area (Å²) < 4.78 is 12.2. The molecule has 3 heterocycles. The molecule has 2 N–H and O–H groups in total. The van der Waals surface area contributed by atoms with Crippen molar-refractivity contribution >= 4 is 17.7 Å². The van der Waals surface area contributed by atoms with Gasteiger partial charge in [-0.15, -0.1) is 0 Å². The van der Waals surface area contributed by atoms with Crippen LogP contribution in [-0.4, -0.2) is 54.5 Å². The summed E-state index contributed by atoms with van der Waals surface area (Å²) in [6.45, 7) is 5.04. The largest absolute Gasteiger partial charge is 0.488 e. The Morgan fingerprint density at radius 1 is 0.976 bits per heavy atom. The summed E-state index contributed by atoms with van der Waals surface area (Å²) in [6.07, 6.45) is 1.93. The number of hydrogen-bond acceptors (Lipinski definition) is 5. The molecular formula is C33H35N3O5. The Labute approximate surface area is 240 Å². The quantitative estimate of drug-likeness (QED) is 0.503. The molecule has 41 heavy (non-hydrogen) atoms. The summed E-state index contributed by atoms with van der Waals surface area (Å²) in [6, 6.07) is 20.6. The van der Waals surface area contributed by atoms with E-state index in [4.69, 9.17) is 9.47 Å². The maximum atomic E-state index is 13.9. The van der Waals surface area contributed by atoms with Crippen molar-refractivity contribution in [2.45, 2.75) is 57.2 Å². The van der Waals surface area contributed by atoms with Gasteiger partial charge >= 0.3 is 0 Å². The lowest BCUT2D eigenvalue weighted by Gasteiger charge is -2.40. The topological polar surface area (TPSA) is 97.0 Å². The predicted molar refractivity (Wildman–Crippen MR) is 154 cm³/mol. The van der Waals surface area contributed by atoms with Crippen LogP contribution >= 0.6 is 0 Å². The van der Waals surface area contributed by atoms with E-state index in [2.05, 4.69) is 34.9 Å². The van der Waals surface area contributed by atoms with Gasteiger partial charge < -0.3 is 25.0 Å². The zero-order valence-electron chi connectivity index (χ0n) is 23.4. The Balaban J connectivity index is 1.27. The van der Waals surface area contributed by atoms with Gasteiger partial charge in [-0.1, -0.05) is 48.0 Å². The van der Waals surface area contributed by atoms with Gasteiger partial charge in [0.05, 0.1) is 11.5 Å². The molecule has 1 aliphatic carbocycles. The van der Waals surface area contributed by atoms with E-state index in [-0.39, 0.29) is 30.4 Å². The van der Waals surface area contributed by atoms with Gasteiger partial charge in [0.15, 0.2) is 6.61 Å². The Kier molecular flexibility index (Phi) is 7.15. The lowest BCUT2D eigenvalue weighted by molar-refractivity contribution is -0.136. The van der Waals surface area contributed by atoms with Crippen molar-refractivity contribution in [2.24, 2.45) is 0 Å². The average Bonchev–Trinajstić information content (AvgIpc) is 3.79. The van der Waals surface area contributed by atoms with Crippen molar-refractivity contribution in [3.63, 3.8) is 0 Å². The van der Waals surface area contributed by atoms with Crippen LogP contribution < -0.4 is 20.1 Å². The van der Waals surface area contributed by atoms with E-state index in [0.29, 0.717) is 43.1 Å². The number of carbonyl (C=O) groups is 3. The summed E-state index contributed by atoms with van der Waals surface area (Å²) in [5.74, 6) is 0.728. The second kappa shape index (κ2) is 10.9. The molecule has 2 atom stereocenters. The minimum absolute atomic E-state index is 0.116. The molecule has 4 bridgehead atoms. The summed E-state index contributed by atoms with van der Waals surface area (Å²) in [7, 11) is 0. The highest BCUT2D eigenvalue weighted by atomic mass is 16.5. The van der Waals surface area contributed by atoms with Gasteiger partial charge in [-0.25, -0.2) is 0 Å². The highest BCUT2D eigenvalue weighted by molar-refractivity contribution is 5.95. The monoisotopic (exact) mass is 553 g/mol. The number of nitrogens with one attached hydrogen (secondary N) is 2. The number of ether oxygens (including phenoxy) is 2. The fourth-order valence-electron chi connectivity index (χ4n) is 5.73. The number of amides is 3. The summed E-state index contributed by atoms with van der Waals surface area (Å²) >= 11 is 0. The number of likely N-dealkylation sites (tertiary alicyclic amines) is 1. The number of rotatable bonds is 2. The van der Waals surface area contributed by atoms with E-state index < -0.39 is 11.5 Å². The first-order valence-electron chi connectivity index (χ1n) is 14.2. The number of hydrogen-bond donors (Lipinski definition) is 2. The van der Waals surface area contributed by atoms with Crippen molar-refractivity contribution in [1.29, 1.82) is 0 Å². The van der Waals surface area contributed by atoms with E-state index in [0.717, 1.165) is 29.5 Å². The standard InChI is InChI=1S/C33H35N3O5/c1-21-3-9-25(10-4-21)33(14-15-33)32(39)36-16-13-28-27(19-36)35-31(38)24-8-5-22(2)29(17-24)40-20-30(37)34-18-23-6-11-26(41-28)12-7-23/h3-12,17,27-28H,13-16,18-20H2,1-2H3,(H,34,37)(H,35,38)/t27-,28-/m0/s1. The molecule has 1 saturated heterocycles. The van der Waals surface area contributed by atoms with Crippen molar-refractivity contribution < 1.29 is 23.9 Å². The molecule has 3 aliphatic heterocycles. The Morgan fingerprint density at radius 3 is 2.46 bits per heavy atom. The molecule has 7 rings (SSSR count). The second-order valence-corrected chi connectivity index (χ2v) is 11.4. The second-order valence-electron chi connectivity index (χ2n) is 11.4. The van der Waals surface area contributed by atoms with Crippen LogP contribution in [0.1, 0.15) is 51.9 Å². The molecule has 4 aliphatic rings. The number of fused-ring (bicyclic) bond motifs is 7. The zero-order valence-corrected chi connectivity index (χ0v) is 23.4. The van der Waals surface area contributed by atoms with Crippen LogP contribution in [0.15, 0.2) is 66.7 Å². The fraction of sp³-hybridized carbons (Fsp3) is 0.364. The van der Waals surface area contributed by atoms with Gasteiger partial charge in [-0.2, -0.15) is 0 Å². The third-order valence-corrected chi connectivity index (χ3v) is 8.43. The lowest BCUT2D eigenvalue weighted by Crippen LogP contribution is -2.59. The third kappa shape index (κ3) is 5.64. The van der Waals surface area contributed by atoms with Gasteiger partial charge in [0.1, 0.15) is 17.6 Å². The van der Waals surface area contributed by atoms with Crippen molar-refractivity contribution in [3.8, 4) is 11.5 Å². The van der Waals surface area contributed by atoms with Crippen molar-refractivity contribution in [3.05, 3.63) is 94.5 Å². The third-order valence-electron chi connectivity index (χ3n) is 8.43. The highest BCUT2D eigenvalue weighted by Crippen LogP contribution is 2.50. The van der Waals surface area contributed by atoms with Crippen LogP contribution in [0.4, 0.5) is 0 Å². The molecule has 0 aromatic heterocycles. The summed E-state index contributed by atoms with van der Waals surface area (Å²) in [5, 5.41) is 6.01. The number of benzene rings is 3. The maximum Gasteiger partial charge on any atom is 0.258 e. The van der Waals surface area contributed by atoms with E-state index in [1.54, 1.807) is 18.2 Å². The Hall–Kier alpha value is -4.33. The first-order chi connectivity index (χ1) is 19.8. The van der Waals surface area contributed by atoms with Crippen LogP contribution in [0.2, 0.25) is 0 Å². The molecule has 2 fully saturated rings. The lowest BCUT2D eigenvalue weighted by atomic mass is 9.91. The molecule has 212 valence electrons. The molecule has 3 amide bonds. The van der Waals surface area contributed by atoms with Crippen molar-refractivity contribution in [2.75, 3.05) is 19.7 Å². The zero-order chi connectivity index (χ0) is 28.6. The number of piperidine rings is 1. The smallest absolute Gasteiger partial charge is 0.258 e. The fourth-order valence-corrected chi connectivity index (χ4v) is 5.73. The predicted octanol–water partition coefficient (Wildman–Crippen LogP) is 3.82. The maximum absolute atomic E-state index is 13.9. The Bertz CT molecular complexity index is 1460. The van der Waals surface area contributed by atoms with Gasteiger partial charge in [0.2, 0.25) is 5.91 Å². The molecule has 0 spiro atoms. The molecule has 0 unspecified atom stereocenters. The summed E-state index contributed by atoms with van der Waals surface area (Å²) in [4.78, 5) is 41.7. The van der Waals surface area contributed by atoms with E-state index >= 15 is 0 Å². The van der Waals surface area contributed by atoms with Crippen LogP contribution in [0.5, 0.6) is 11.5 Å². The van der Waals surface area contributed by atoms with E-state index in [1.165, 1.54) is 5.56 Å². The number of aryl methyl sites for hydroxylation is 2. The number of nitrogens with zero attached hydrogens (tertiary/aromatic N) is 1. The van der Waals surface area contributed by atoms with E-state index in [9.17, 15) is 14.4 Å². The first kappa shape index (κ1) is 26.9. The molecular weight excluding hydrogens is 518 g/mol.